The number of Topliss-reactive ketones (excluding diaryl/α,β-unsaturated/α-hetero) is 1. The molecule has 1 aliphatic heterocycles. The Morgan fingerprint density at radius 1 is 1.14 bits per heavy atom. The van der Waals surface area contributed by atoms with Crippen LogP contribution in [0.3, 0.4) is 0 Å². The Morgan fingerprint density at radius 2 is 1.77 bits per heavy atom. The van der Waals surface area contributed by atoms with E-state index in [2.05, 4.69) is 0 Å². The first-order valence-corrected chi connectivity index (χ1v) is 14.1. The molecule has 4 rings (SSSR count). The van der Waals surface area contributed by atoms with Crippen molar-refractivity contribution in [3.8, 4) is 11.5 Å². The highest BCUT2D eigenvalue weighted by Gasteiger charge is 2.64. The predicted molar refractivity (Wildman–Crippen MR) is 153 cm³/mol. The predicted octanol–water partition coefficient (Wildman–Crippen LogP) is 5.90. The fraction of sp³-hybridized carbons (Fsp3) is 0.469. The molecule has 44 heavy (non-hydrogen) atoms. The lowest BCUT2D eigenvalue weighted by Gasteiger charge is -2.34. The van der Waals surface area contributed by atoms with E-state index >= 15 is 0 Å². The van der Waals surface area contributed by atoms with Gasteiger partial charge in [-0.2, -0.15) is 13.2 Å². The maximum atomic E-state index is 14.6. The zero-order chi connectivity index (χ0) is 32.8. The Balaban J connectivity index is 1.98. The summed E-state index contributed by atoms with van der Waals surface area (Å²) in [4.78, 5) is 39.8. The molecule has 0 spiro atoms. The molecule has 238 valence electrons. The molecule has 1 aromatic heterocycles. The number of halogens is 3. The van der Waals surface area contributed by atoms with Crippen molar-refractivity contribution in [1.82, 2.24) is 0 Å². The summed E-state index contributed by atoms with van der Waals surface area (Å²) in [6, 6.07) is 7.22. The number of methoxy groups -OCH3 is 1. The molecule has 1 aliphatic rings. The Morgan fingerprint density at radius 3 is 2.30 bits per heavy atom. The van der Waals surface area contributed by atoms with Gasteiger partial charge in [0.25, 0.3) is 5.60 Å². The lowest BCUT2D eigenvalue weighted by atomic mass is 9.90. The first-order chi connectivity index (χ1) is 20.5. The standard InChI is InChI=1S/C32H35F3O9/c1-7-21(42-29(39)31(41-6,32(33,34)35)17-11-9-8-10-12-17)18-15-23(37)44-28-24(18)27-19(14-22(43-27)30(4,5)40)26(38)25(28)20(36)13-16(2)3/h8-12,15-16,21-22,38,40H,7,13-14H2,1-6H3/t21-,22?,31+/m0/s1. The molecule has 2 aromatic carbocycles. The SMILES string of the molecule is CC[C@H](OC(=O)[C@](OC)(c1ccccc1)C(F)(F)F)c1cc(=O)oc2c(C(=O)CC(C)C)c(O)c3c(c12)OC(C(C)(C)O)C3. The number of carbonyl (C=O) groups excluding carboxylic acids is 2. The monoisotopic (exact) mass is 620 g/mol. The first kappa shape index (κ1) is 33.0. The number of phenolic OH excluding ortho intramolecular Hbond substituents is 1. The van der Waals surface area contributed by atoms with Crippen molar-refractivity contribution in [2.24, 2.45) is 5.92 Å². The topological polar surface area (TPSA) is 132 Å². The van der Waals surface area contributed by atoms with Gasteiger partial charge in [-0.3, -0.25) is 4.79 Å². The highest BCUT2D eigenvalue weighted by atomic mass is 19.4. The molecule has 3 atom stereocenters. The fourth-order valence-electron chi connectivity index (χ4n) is 5.47. The van der Waals surface area contributed by atoms with E-state index in [4.69, 9.17) is 18.6 Å². The molecule has 9 nitrogen and oxygen atoms in total. The summed E-state index contributed by atoms with van der Waals surface area (Å²) in [6.45, 7) is 8.05. The zero-order valence-corrected chi connectivity index (χ0v) is 25.2. The van der Waals surface area contributed by atoms with Crippen LogP contribution in [0, 0.1) is 5.92 Å². The highest BCUT2D eigenvalue weighted by Crippen LogP contribution is 2.50. The van der Waals surface area contributed by atoms with Crippen LogP contribution < -0.4 is 10.4 Å². The van der Waals surface area contributed by atoms with E-state index < -0.39 is 58.3 Å². The number of carbonyl (C=O) groups is 2. The van der Waals surface area contributed by atoms with Crippen LogP contribution in [0.4, 0.5) is 13.2 Å². The molecule has 0 fully saturated rings. The number of esters is 1. The lowest BCUT2D eigenvalue weighted by molar-refractivity contribution is -0.278. The molecule has 0 saturated heterocycles. The van der Waals surface area contributed by atoms with Crippen molar-refractivity contribution in [1.29, 1.82) is 0 Å². The minimum Gasteiger partial charge on any atom is -0.507 e. The van der Waals surface area contributed by atoms with E-state index in [1.165, 1.54) is 39.0 Å². The fourth-order valence-corrected chi connectivity index (χ4v) is 5.47. The molecular formula is C32H35F3O9. The van der Waals surface area contributed by atoms with Crippen LogP contribution in [0.15, 0.2) is 45.6 Å². The van der Waals surface area contributed by atoms with Crippen LogP contribution in [-0.4, -0.2) is 47.0 Å². The Bertz CT molecular complexity index is 1620. The Labute approximate surface area is 251 Å². The number of aromatic hydroxyl groups is 1. The van der Waals surface area contributed by atoms with Crippen LogP contribution in [0.25, 0.3) is 11.0 Å². The van der Waals surface area contributed by atoms with Gasteiger partial charge in [-0.05, 0) is 26.2 Å². The average molecular weight is 621 g/mol. The summed E-state index contributed by atoms with van der Waals surface area (Å²) < 4.78 is 65.7. The van der Waals surface area contributed by atoms with Crippen molar-refractivity contribution < 1.29 is 51.6 Å². The van der Waals surface area contributed by atoms with E-state index in [9.17, 15) is 37.8 Å². The summed E-state index contributed by atoms with van der Waals surface area (Å²) in [5, 5.41) is 21.9. The van der Waals surface area contributed by atoms with Crippen molar-refractivity contribution in [3.05, 3.63) is 69.1 Å². The first-order valence-electron chi connectivity index (χ1n) is 14.1. The normalized spacial score (nSPS) is 17.2. The molecule has 2 N–H and O–H groups in total. The van der Waals surface area contributed by atoms with Crippen LogP contribution in [-0.2, 0) is 26.3 Å². The van der Waals surface area contributed by atoms with E-state index in [0.717, 1.165) is 25.3 Å². The second kappa shape index (κ2) is 11.9. The van der Waals surface area contributed by atoms with Gasteiger partial charge in [0.05, 0.1) is 11.0 Å². The highest BCUT2D eigenvalue weighted by molar-refractivity contribution is 6.11. The van der Waals surface area contributed by atoms with Gasteiger partial charge in [0, 0.05) is 42.7 Å². The molecule has 3 aromatic rings. The number of alkyl halides is 3. The molecule has 12 heteroatoms. The van der Waals surface area contributed by atoms with Gasteiger partial charge in [-0.25, -0.2) is 9.59 Å². The van der Waals surface area contributed by atoms with E-state index in [0.29, 0.717) is 0 Å². The number of fused-ring (bicyclic) bond motifs is 3. The minimum atomic E-state index is -5.25. The molecule has 0 aliphatic carbocycles. The van der Waals surface area contributed by atoms with Gasteiger partial charge in [0.15, 0.2) is 11.4 Å². The minimum absolute atomic E-state index is 0.0314. The number of aliphatic hydroxyl groups is 1. The molecular weight excluding hydrogens is 585 g/mol. The Hall–Kier alpha value is -3.90. The van der Waals surface area contributed by atoms with Gasteiger partial charge < -0.3 is 28.8 Å². The summed E-state index contributed by atoms with van der Waals surface area (Å²) in [5.74, 6) is -3.02. The average Bonchev–Trinajstić information content (AvgIpc) is 3.38. The number of rotatable bonds is 10. The molecule has 0 amide bonds. The van der Waals surface area contributed by atoms with E-state index in [1.807, 2.05) is 0 Å². The smallest absolute Gasteiger partial charge is 0.432 e. The van der Waals surface area contributed by atoms with Crippen LogP contribution in [0.5, 0.6) is 11.5 Å². The number of hydrogen-bond donors (Lipinski definition) is 2. The van der Waals surface area contributed by atoms with Crippen molar-refractivity contribution in [2.45, 2.75) is 83.5 Å². The van der Waals surface area contributed by atoms with Crippen molar-refractivity contribution >= 4 is 22.7 Å². The molecule has 1 unspecified atom stereocenters. The maximum absolute atomic E-state index is 14.6. The number of benzene rings is 2. The summed E-state index contributed by atoms with van der Waals surface area (Å²) in [5.41, 5.74) is -7.08. The number of ketones is 1. The number of ether oxygens (including phenoxy) is 3. The summed E-state index contributed by atoms with van der Waals surface area (Å²) >= 11 is 0. The largest absolute Gasteiger partial charge is 0.507 e. The summed E-state index contributed by atoms with van der Waals surface area (Å²) in [6.07, 6.45) is -7.82. The quantitative estimate of drug-likeness (QED) is 0.162. The van der Waals surface area contributed by atoms with Gasteiger partial charge >= 0.3 is 17.8 Å². The van der Waals surface area contributed by atoms with Gasteiger partial charge in [-0.15, -0.1) is 0 Å². The maximum Gasteiger partial charge on any atom is 0.432 e. The third kappa shape index (κ3) is 5.68. The molecule has 0 bridgehead atoms. The molecule has 2 heterocycles. The molecule has 0 saturated carbocycles. The zero-order valence-electron chi connectivity index (χ0n) is 25.2. The second-order valence-electron chi connectivity index (χ2n) is 11.8. The third-order valence-corrected chi connectivity index (χ3v) is 7.69. The second-order valence-corrected chi connectivity index (χ2v) is 11.8. The van der Waals surface area contributed by atoms with Crippen LogP contribution in [0.2, 0.25) is 0 Å². The van der Waals surface area contributed by atoms with Crippen LogP contribution in [0.1, 0.15) is 80.6 Å². The van der Waals surface area contributed by atoms with Gasteiger partial charge in [0.2, 0.25) is 0 Å². The van der Waals surface area contributed by atoms with Crippen molar-refractivity contribution in [2.75, 3.05) is 7.11 Å². The van der Waals surface area contributed by atoms with Gasteiger partial charge in [0.1, 0.15) is 29.3 Å². The van der Waals surface area contributed by atoms with E-state index in [-0.39, 0.29) is 58.6 Å². The van der Waals surface area contributed by atoms with E-state index in [1.54, 1.807) is 13.8 Å². The lowest BCUT2D eigenvalue weighted by Crippen LogP contribution is -2.52. The Kier molecular flexibility index (Phi) is 8.92. The number of hydrogen-bond acceptors (Lipinski definition) is 9. The summed E-state index contributed by atoms with van der Waals surface area (Å²) in [7, 11) is 0.738. The van der Waals surface area contributed by atoms with Gasteiger partial charge in [-0.1, -0.05) is 51.1 Å². The third-order valence-electron chi connectivity index (χ3n) is 7.69. The van der Waals surface area contributed by atoms with Crippen molar-refractivity contribution in [3.63, 3.8) is 0 Å². The number of phenols is 1. The molecule has 0 radical (unpaired) electrons. The van der Waals surface area contributed by atoms with Crippen LogP contribution >= 0.6 is 0 Å².